The Morgan fingerprint density at radius 2 is 2.12 bits per heavy atom. The maximum absolute atomic E-state index is 12.1. The number of ketones is 1. The zero-order valence-electron chi connectivity index (χ0n) is 11.0. The maximum Gasteiger partial charge on any atom is 0.142 e. The molecule has 2 rings (SSSR count). The third kappa shape index (κ3) is 2.32. The second-order valence-electron chi connectivity index (χ2n) is 6.31. The second-order valence-corrected chi connectivity index (χ2v) is 6.31. The van der Waals surface area contributed by atoms with Gasteiger partial charge in [-0.3, -0.25) is 4.79 Å². The lowest BCUT2D eigenvalue weighted by atomic mass is 9.89. The minimum Gasteiger partial charge on any atom is -0.302 e. The first-order valence-electron chi connectivity index (χ1n) is 6.79. The zero-order chi connectivity index (χ0) is 11.8. The van der Waals surface area contributed by atoms with Gasteiger partial charge in [0.15, 0.2) is 0 Å². The summed E-state index contributed by atoms with van der Waals surface area (Å²) in [4.78, 5) is 14.7. The normalized spacial score (nSPS) is 34.8. The molecule has 16 heavy (non-hydrogen) atoms. The number of nitrogens with zero attached hydrogens (tertiary/aromatic N) is 1. The lowest BCUT2D eigenvalue weighted by Crippen LogP contribution is -2.32. The van der Waals surface area contributed by atoms with Gasteiger partial charge >= 0.3 is 0 Å². The molecule has 2 fully saturated rings. The van der Waals surface area contributed by atoms with Crippen molar-refractivity contribution < 1.29 is 4.79 Å². The van der Waals surface area contributed by atoms with Crippen molar-refractivity contribution in [1.29, 1.82) is 0 Å². The smallest absolute Gasteiger partial charge is 0.142 e. The molecular weight excluding hydrogens is 198 g/mol. The lowest BCUT2D eigenvalue weighted by Gasteiger charge is -2.21. The molecular formula is C14H25NO. The highest BCUT2D eigenvalue weighted by Gasteiger charge is 2.41. The molecule has 0 aromatic heterocycles. The van der Waals surface area contributed by atoms with Crippen molar-refractivity contribution in [3.63, 3.8) is 0 Å². The molecule has 1 aliphatic carbocycles. The Hall–Kier alpha value is -0.370. The Morgan fingerprint density at radius 3 is 2.62 bits per heavy atom. The molecule has 0 bridgehead atoms. The van der Waals surface area contributed by atoms with Crippen LogP contribution in [0.3, 0.4) is 0 Å². The van der Waals surface area contributed by atoms with Gasteiger partial charge in [-0.25, -0.2) is 0 Å². The molecule has 1 saturated heterocycles. The average molecular weight is 223 g/mol. The summed E-state index contributed by atoms with van der Waals surface area (Å²) >= 11 is 0. The molecule has 1 saturated carbocycles. The fourth-order valence-corrected chi connectivity index (χ4v) is 3.24. The molecule has 0 aromatic rings. The van der Waals surface area contributed by atoms with Gasteiger partial charge in [0.05, 0.1) is 0 Å². The Kier molecular flexibility index (Phi) is 3.39. The molecule has 0 N–H and O–H groups in total. The Balaban J connectivity index is 1.85. The zero-order valence-corrected chi connectivity index (χ0v) is 11.0. The van der Waals surface area contributed by atoms with E-state index in [1.54, 1.807) is 0 Å². The third-order valence-electron chi connectivity index (χ3n) is 4.58. The molecule has 1 aliphatic heterocycles. The van der Waals surface area contributed by atoms with Crippen LogP contribution in [0.5, 0.6) is 0 Å². The van der Waals surface area contributed by atoms with Gasteiger partial charge in [0.2, 0.25) is 0 Å². The summed E-state index contributed by atoms with van der Waals surface area (Å²) in [6.07, 6.45) is 4.82. The van der Waals surface area contributed by atoms with E-state index in [0.29, 0.717) is 11.7 Å². The minimum atomic E-state index is -0.0471. The maximum atomic E-state index is 12.1. The molecule has 2 atom stereocenters. The predicted octanol–water partition coefficient (Wildman–Crippen LogP) is 2.72. The molecule has 0 radical (unpaired) electrons. The van der Waals surface area contributed by atoms with Crippen molar-refractivity contribution in [2.24, 2.45) is 17.3 Å². The summed E-state index contributed by atoms with van der Waals surface area (Å²) in [6.45, 7) is 9.95. The summed E-state index contributed by atoms with van der Waals surface area (Å²) in [5, 5.41) is 0. The summed E-state index contributed by atoms with van der Waals surface area (Å²) in [6, 6.07) is 0. The van der Waals surface area contributed by atoms with Crippen molar-refractivity contribution in [2.75, 3.05) is 19.6 Å². The van der Waals surface area contributed by atoms with Gasteiger partial charge in [-0.05, 0) is 31.7 Å². The predicted molar refractivity (Wildman–Crippen MR) is 66.4 cm³/mol. The fraction of sp³-hybridized carbons (Fsp3) is 0.929. The number of rotatable bonds is 3. The summed E-state index contributed by atoms with van der Waals surface area (Å²) in [5.41, 5.74) is -0.0471. The van der Waals surface area contributed by atoms with Crippen molar-refractivity contribution in [1.82, 2.24) is 4.90 Å². The van der Waals surface area contributed by atoms with Gasteiger partial charge in [-0.1, -0.05) is 27.2 Å². The molecule has 92 valence electrons. The van der Waals surface area contributed by atoms with Crippen molar-refractivity contribution in [3.8, 4) is 0 Å². The SMILES string of the molecule is CCC1CCN(CC2CCC(C)(C)C2=O)C1. The number of hydrogen-bond donors (Lipinski definition) is 0. The van der Waals surface area contributed by atoms with E-state index in [1.807, 2.05) is 0 Å². The van der Waals surface area contributed by atoms with Crippen LogP contribution in [0.2, 0.25) is 0 Å². The first-order chi connectivity index (χ1) is 7.53. The van der Waals surface area contributed by atoms with Gasteiger partial charge in [-0.2, -0.15) is 0 Å². The number of hydrogen-bond acceptors (Lipinski definition) is 2. The quantitative estimate of drug-likeness (QED) is 0.733. The monoisotopic (exact) mass is 223 g/mol. The minimum absolute atomic E-state index is 0.0471. The number of carbonyl (C=O) groups is 1. The molecule has 2 nitrogen and oxygen atoms in total. The van der Waals surface area contributed by atoms with E-state index >= 15 is 0 Å². The first kappa shape index (κ1) is 12.1. The van der Waals surface area contributed by atoms with Crippen LogP contribution >= 0.6 is 0 Å². The van der Waals surface area contributed by atoms with Crippen LogP contribution in [0.4, 0.5) is 0 Å². The number of carbonyl (C=O) groups excluding carboxylic acids is 1. The lowest BCUT2D eigenvalue weighted by molar-refractivity contribution is -0.127. The van der Waals surface area contributed by atoms with Gasteiger partial charge < -0.3 is 4.90 Å². The van der Waals surface area contributed by atoms with Crippen LogP contribution in [0.15, 0.2) is 0 Å². The van der Waals surface area contributed by atoms with Crippen LogP contribution in [0.25, 0.3) is 0 Å². The molecule has 2 unspecified atom stereocenters. The molecule has 2 heteroatoms. The third-order valence-corrected chi connectivity index (χ3v) is 4.58. The first-order valence-corrected chi connectivity index (χ1v) is 6.79. The van der Waals surface area contributed by atoms with E-state index in [1.165, 1.54) is 25.9 Å². The Bertz CT molecular complexity index is 272. The van der Waals surface area contributed by atoms with E-state index < -0.39 is 0 Å². The molecule has 0 aromatic carbocycles. The standard InChI is InChI=1S/C14H25NO/c1-4-11-6-8-15(9-11)10-12-5-7-14(2,3)13(12)16/h11-12H,4-10H2,1-3H3. The largest absolute Gasteiger partial charge is 0.302 e. The summed E-state index contributed by atoms with van der Waals surface area (Å²) < 4.78 is 0. The van der Waals surface area contributed by atoms with Crippen LogP contribution in [0, 0.1) is 17.3 Å². The number of likely N-dealkylation sites (tertiary alicyclic amines) is 1. The Labute approximate surface area is 99.4 Å². The van der Waals surface area contributed by atoms with Gasteiger partial charge in [0, 0.05) is 24.4 Å². The van der Waals surface area contributed by atoms with Crippen molar-refractivity contribution in [2.45, 2.75) is 46.5 Å². The highest BCUT2D eigenvalue weighted by atomic mass is 16.1. The van der Waals surface area contributed by atoms with Gasteiger partial charge in [0.25, 0.3) is 0 Å². The topological polar surface area (TPSA) is 20.3 Å². The Morgan fingerprint density at radius 1 is 1.38 bits per heavy atom. The highest BCUT2D eigenvalue weighted by molar-refractivity contribution is 5.88. The molecule has 1 heterocycles. The van der Waals surface area contributed by atoms with E-state index in [-0.39, 0.29) is 5.41 Å². The fourth-order valence-electron chi connectivity index (χ4n) is 3.24. The van der Waals surface area contributed by atoms with Crippen molar-refractivity contribution in [3.05, 3.63) is 0 Å². The molecule has 0 spiro atoms. The number of Topliss-reactive ketones (excluding diaryl/α,β-unsaturated/α-hetero) is 1. The van der Waals surface area contributed by atoms with E-state index in [0.717, 1.165) is 25.3 Å². The van der Waals surface area contributed by atoms with Gasteiger partial charge in [-0.15, -0.1) is 0 Å². The van der Waals surface area contributed by atoms with Gasteiger partial charge in [0.1, 0.15) is 5.78 Å². The molecule has 0 amide bonds. The molecule has 2 aliphatic rings. The highest BCUT2D eigenvalue weighted by Crippen LogP contribution is 2.38. The van der Waals surface area contributed by atoms with Crippen LogP contribution in [0.1, 0.15) is 46.5 Å². The van der Waals surface area contributed by atoms with E-state index in [9.17, 15) is 4.79 Å². The van der Waals surface area contributed by atoms with Crippen LogP contribution < -0.4 is 0 Å². The van der Waals surface area contributed by atoms with Crippen LogP contribution in [-0.4, -0.2) is 30.3 Å². The van der Waals surface area contributed by atoms with E-state index in [4.69, 9.17) is 0 Å². The second kappa shape index (κ2) is 4.48. The summed E-state index contributed by atoms with van der Waals surface area (Å²) in [7, 11) is 0. The average Bonchev–Trinajstić information content (AvgIpc) is 2.79. The summed E-state index contributed by atoms with van der Waals surface area (Å²) in [5.74, 6) is 1.71. The van der Waals surface area contributed by atoms with Crippen molar-refractivity contribution >= 4 is 5.78 Å². The van der Waals surface area contributed by atoms with E-state index in [2.05, 4.69) is 25.7 Å². The van der Waals surface area contributed by atoms with Crippen LogP contribution in [-0.2, 0) is 4.79 Å².